The third-order valence-electron chi connectivity index (χ3n) is 2.44. The molecule has 0 unspecified atom stereocenters. The van der Waals surface area contributed by atoms with Crippen LogP contribution in [0.25, 0.3) is 20.7 Å². The van der Waals surface area contributed by atoms with Crippen LogP contribution in [-0.2, 0) is 0 Å². The number of hydrogen-bond acceptors (Lipinski definition) is 4. The summed E-state index contributed by atoms with van der Waals surface area (Å²) in [6, 6.07) is 8.15. The molecule has 0 N–H and O–H groups in total. The van der Waals surface area contributed by atoms with E-state index in [9.17, 15) is 0 Å². The van der Waals surface area contributed by atoms with E-state index in [1.165, 1.54) is 15.1 Å². The molecule has 0 aliphatic carbocycles. The standard InChI is InChI=1S/C12H9NOS2/c1-14-9-4-2-8(3-5-9)11-12-10(6-15-11)13-7-16-12/h2-7H,1H3. The summed E-state index contributed by atoms with van der Waals surface area (Å²) < 4.78 is 6.43. The second kappa shape index (κ2) is 3.88. The molecular formula is C12H9NOS2. The summed E-state index contributed by atoms with van der Waals surface area (Å²) >= 11 is 3.44. The molecule has 4 heteroatoms. The summed E-state index contributed by atoms with van der Waals surface area (Å²) in [5, 5.41) is 2.10. The number of rotatable bonds is 2. The smallest absolute Gasteiger partial charge is 0.118 e. The van der Waals surface area contributed by atoms with Gasteiger partial charge in [0.05, 0.1) is 27.7 Å². The van der Waals surface area contributed by atoms with Crippen LogP contribution in [0.4, 0.5) is 0 Å². The van der Waals surface area contributed by atoms with Crippen LogP contribution in [0.2, 0.25) is 0 Å². The van der Waals surface area contributed by atoms with Crippen LogP contribution in [0.15, 0.2) is 35.2 Å². The number of thiophene rings is 1. The normalized spacial score (nSPS) is 10.8. The third-order valence-corrected chi connectivity index (χ3v) is 4.45. The van der Waals surface area contributed by atoms with Gasteiger partial charge in [-0.15, -0.1) is 22.7 Å². The van der Waals surface area contributed by atoms with E-state index in [4.69, 9.17) is 4.74 Å². The van der Waals surface area contributed by atoms with E-state index in [1.807, 2.05) is 17.6 Å². The molecule has 16 heavy (non-hydrogen) atoms. The molecule has 0 saturated carbocycles. The summed E-state index contributed by atoms with van der Waals surface area (Å²) in [5.41, 5.74) is 4.22. The van der Waals surface area contributed by atoms with Gasteiger partial charge in [-0.3, -0.25) is 0 Å². The molecule has 0 aliphatic rings. The number of benzene rings is 1. The molecule has 0 aliphatic heterocycles. The van der Waals surface area contributed by atoms with E-state index in [1.54, 1.807) is 29.8 Å². The fraction of sp³-hybridized carbons (Fsp3) is 0.0833. The topological polar surface area (TPSA) is 22.1 Å². The molecule has 3 rings (SSSR count). The first-order valence-corrected chi connectivity index (χ1v) is 6.59. The fourth-order valence-electron chi connectivity index (χ4n) is 1.62. The summed E-state index contributed by atoms with van der Waals surface area (Å²) in [6.45, 7) is 0. The molecular weight excluding hydrogens is 238 g/mol. The van der Waals surface area contributed by atoms with Gasteiger partial charge in [0.15, 0.2) is 0 Å². The van der Waals surface area contributed by atoms with Crippen molar-refractivity contribution in [2.75, 3.05) is 7.11 Å². The highest BCUT2D eigenvalue weighted by molar-refractivity contribution is 7.24. The van der Waals surface area contributed by atoms with E-state index < -0.39 is 0 Å². The number of hydrogen-bond donors (Lipinski definition) is 0. The van der Waals surface area contributed by atoms with Crippen molar-refractivity contribution in [1.29, 1.82) is 0 Å². The molecule has 2 aromatic heterocycles. The molecule has 0 bridgehead atoms. The number of methoxy groups -OCH3 is 1. The predicted octanol–water partition coefficient (Wildman–Crippen LogP) is 4.03. The summed E-state index contributed by atoms with van der Waals surface area (Å²) in [4.78, 5) is 5.59. The highest BCUT2D eigenvalue weighted by atomic mass is 32.1. The first-order chi connectivity index (χ1) is 7.88. The van der Waals surface area contributed by atoms with Gasteiger partial charge in [-0.05, 0) is 29.8 Å². The van der Waals surface area contributed by atoms with Gasteiger partial charge in [-0.1, -0.05) is 0 Å². The Morgan fingerprint density at radius 1 is 1.12 bits per heavy atom. The van der Waals surface area contributed by atoms with Crippen LogP contribution in [0.1, 0.15) is 0 Å². The zero-order valence-electron chi connectivity index (χ0n) is 8.64. The van der Waals surface area contributed by atoms with Crippen molar-refractivity contribution in [2.24, 2.45) is 0 Å². The van der Waals surface area contributed by atoms with Crippen LogP contribution < -0.4 is 4.74 Å². The van der Waals surface area contributed by atoms with Crippen LogP contribution >= 0.6 is 22.7 Å². The summed E-state index contributed by atoms with van der Waals surface area (Å²) in [5.74, 6) is 0.890. The number of fused-ring (bicyclic) bond motifs is 1. The minimum atomic E-state index is 0.890. The molecule has 0 fully saturated rings. The lowest BCUT2D eigenvalue weighted by atomic mass is 10.2. The van der Waals surface area contributed by atoms with E-state index in [0.29, 0.717) is 0 Å². The number of thiazole rings is 1. The Balaban J connectivity index is 2.12. The Kier molecular flexibility index (Phi) is 2.38. The van der Waals surface area contributed by atoms with Gasteiger partial charge >= 0.3 is 0 Å². The average Bonchev–Trinajstić information content (AvgIpc) is 2.91. The molecule has 0 atom stereocenters. The Bertz CT molecular complexity index is 609. The van der Waals surface area contributed by atoms with Crippen molar-refractivity contribution < 1.29 is 4.74 Å². The Morgan fingerprint density at radius 2 is 1.94 bits per heavy atom. The first kappa shape index (κ1) is 9.81. The van der Waals surface area contributed by atoms with Gasteiger partial charge in [-0.2, -0.15) is 0 Å². The van der Waals surface area contributed by atoms with Gasteiger partial charge in [0.2, 0.25) is 0 Å². The maximum absolute atomic E-state index is 5.15. The van der Waals surface area contributed by atoms with Gasteiger partial charge in [0, 0.05) is 5.38 Å². The van der Waals surface area contributed by atoms with Crippen molar-refractivity contribution in [3.05, 3.63) is 35.2 Å². The first-order valence-electron chi connectivity index (χ1n) is 4.83. The highest BCUT2D eigenvalue weighted by Crippen LogP contribution is 2.37. The molecule has 0 radical (unpaired) electrons. The second-order valence-electron chi connectivity index (χ2n) is 3.36. The van der Waals surface area contributed by atoms with Crippen LogP contribution in [0, 0.1) is 0 Å². The average molecular weight is 247 g/mol. The molecule has 1 aromatic carbocycles. The quantitative estimate of drug-likeness (QED) is 0.682. The van der Waals surface area contributed by atoms with E-state index in [2.05, 4.69) is 22.5 Å². The van der Waals surface area contributed by atoms with E-state index in [0.717, 1.165) is 11.3 Å². The summed E-state index contributed by atoms with van der Waals surface area (Å²) in [7, 11) is 1.68. The minimum Gasteiger partial charge on any atom is -0.497 e. The van der Waals surface area contributed by atoms with Gasteiger partial charge in [0.25, 0.3) is 0 Å². The van der Waals surface area contributed by atoms with Crippen LogP contribution in [0.5, 0.6) is 5.75 Å². The molecule has 80 valence electrons. The van der Waals surface area contributed by atoms with E-state index >= 15 is 0 Å². The zero-order valence-corrected chi connectivity index (χ0v) is 10.3. The molecule has 0 amide bonds. The maximum atomic E-state index is 5.15. The van der Waals surface area contributed by atoms with Crippen molar-refractivity contribution in [2.45, 2.75) is 0 Å². The number of ether oxygens (including phenoxy) is 1. The minimum absolute atomic E-state index is 0.890. The van der Waals surface area contributed by atoms with Crippen molar-refractivity contribution in [3.63, 3.8) is 0 Å². The lowest BCUT2D eigenvalue weighted by molar-refractivity contribution is 0.415. The Morgan fingerprint density at radius 3 is 2.69 bits per heavy atom. The van der Waals surface area contributed by atoms with Crippen LogP contribution in [-0.4, -0.2) is 12.1 Å². The van der Waals surface area contributed by atoms with Crippen LogP contribution in [0.3, 0.4) is 0 Å². The predicted molar refractivity (Wildman–Crippen MR) is 69.5 cm³/mol. The SMILES string of the molecule is COc1ccc(-c2scc3ncsc23)cc1. The summed E-state index contributed by atoms with van der Waals surface area (Å²) in [6.07, 6.45) is 0. The lowest BCUT2D eigenvalue weighted by Gasteiger charge is -2.01. The molecule has 2 heterocycles. The monoisotopic (exact) mass is 247 g/mol. The Labute approximate surface area is 101 Å². The van der Waals surface area contributed by atoms with Crippen molar-refractivity contribution in [3.8, 4) is 16.2 Å². The molecule has 2 nitrogen and oxygen atoms in total. The second-order valence-corrected chi connectivity index (χ2v) is 5.09. The third kappa shape index (κ3) is 1.50. The lowest BCUT2D eigenvalue weighted by Crippen LogP contribution is -1.81. The van der Waals surface area contributed by atoms with Crippen molar-refractivity contribution in [1.82, 2.24) is 4.98 Å². The largest absolute Gasteiger partial charge is 0.497 e. The van der Waals surface area contributed by atoms with Gasteiger partial charge in [-0.25, -0.2) is 4.98 Å². The van der Waals surface area contributed by atoms with Gasteiger partial charge in [0.1, 0.15) is 5.75 Å². The van der Waals surface area contributed by atoms with Gasteiger partial charge < -0.3 is 4.74 Å². The zero-order chi connectivity index (χ0) is 11.0. The fourth-order valence-corrected chi connectivity index (χ4v) is 3.60. The molecule has 3 aromatic rings. The molecule has 0 spiro atoms. The molecule has 0 saturated heterocycles. The maximum Gasteiger partial charge on any atom is 0.118 e. The highest BCUT2D eigenvalue weighted by Gasteiger charge is 2.08. The number of nitrogens with zero attached hydrogens (tertiary/aromatic N) is 1. The number of aromatic nitrogens is 1. The Hall–Kier alpha value is -1.39. The van der Waals surface area contributed by atoms with E-state index in [-0.39, 0.29) is 0 Å². The van der Waals surface area contributed by atoms with Crippen molar-refractivity contribution >= 4 is 32.9 Å².